The van der Waals surface area contributed by atoms with Gasteiger partial charge in [0.05, 0.1) is 0 Å². The molecule has 0 spiro atoms. The molecule has 0 unspecified atom stereocenters. The average molecular weight is 147 g/mol. The van der Waals surface area contributed by atoms with E-state index in [0.717, 1.165) is 0 Å². The maximum absolute atomic E-state index is 2.12. The van der Waals surface area contributed by atoms with E-state index in [1.165, 1.54) is 18.1 Å². The molecule has 0 heterocycles. The Balaban J connectivity index is -0.00000000500. The molecule has 0 aliphatic carbocycles. The molecule has 0 amide bonds. The fraction of sp³-hybridized carbons (Fsp3) is 0. The van der Waals surface area contributed by atoms with E-state index in [2.05, 4.69) is 6.33 Å². The molecule has 0 saturated carbocycles. The van der Waals surface area contributed by atoms with Crippen LogP contribution in [-0.4, -0.2) is 67.1 Å². The van der Waals surface area contributed by atoms with Crippen LogP contribution >= 0.6 is 0 Å². The fourth-order valence-electron chi connectivity index (χ4n) is 0. The molecule has 0 nitrogen and oxygen atoms in total. The third-order valence-corrected chi connectivity index (χ3v) is 0. The molecule has 0 saturated heterocycles. The summed E-state index contributed by atoms with van der Waals surface area (Å²) in [6, 6.07) is 0. The first kappa shape index (κ1) is 15.9. The van der Waals surface area contributed by atoms with Crippen molar-refractivity contribution in [1.29, 1.82) is 0 Å². The van der Waals surface area contributed by atoms with Gasteiger partial charge in [0.2, 0.25) is 0 Å². The van der Waals surface area contributed by atoms with Crippen molar-refractivity contribution in [2.45, 2.75) is 0 Å². The maximum atomic E-state index is 2.12. The van der Waals surface area contributed by atoms with E-state index in [1.807, 2.05) is 0 Å². The summed E-state index contributed by atoms with van der Waals surface area (Å²) in [6.07, 6.45) is 2.12. The minimum Gasteiger partial charge on any atom is 0.316 e. The number of rotatable bonds is 0. The number of hydrogen-bond acceptors (Lipinski definition) is 0. The van der Waals surface area contributed by atoms with Gasteiger partial charge in [-0.25, -0.2) is 0 Å². The molecule has 0 aromatic heterocycles. The van der Waals surface area contributed by atoms with Gasteiger partial charge in [-0.3, -0.25) is 0 Å². The first-order valence-electron chi connectivity index (χ1n) is 0.707. The summed E-state index contributed by atoms with van der Waals surface area (Å²) in [5.74, 6) is 0. The van der Waals surface area contributed by atoms with Crippen molar-refractivity contribution in [3.63, 3.8) is 0 Å². The van der Waals surface area contributed by atoms with Crippen LogP contribution in [0.25, 0.3) is 0 Å². The standard InChI is InChI=1S/BH2.Ca.Mg.Zn.4H/h1H2;;;;;;;/q+1;;;-1;;;;. The zero-order chi connectivity index (χ0) is 2.00. The fourth-order valence-corrected chi connectivity index (χ4v) is 0. The Hall–Kier alpha value is 2.71. The zero-order valence-electron chi connectivity index (χ0n) is 1.71. The summed E-state index contributed by atoms with van der Waals surface area (Å²) in [5.41, 5.74) is 0. The molecular weight excluding hydrogens is 141 g/mol. The predicted molar refractivity (Wildman–Crippen MR) is 25.6 cm³/mol. The molecule has 4 heteroatoms. The van der Waals surface area contributed by atoms with Gasteiger partial charge in [0.15, 0.2) is 0 Å². The van der Waals surface area contributed by atoms with E-state index < -0.39 is 0 Å². The molecule has 0 fully saturated rings. The molecule has 0 aliphatic rings. The molecule has 0 aromatic rings. The van der Waals surface area contributed by atoms with E-state index in [4.69, 9.17) is 0 Å². The van der Waals surface area contributed by atoms with Gasteiger partial charge < -0.3 is 0 Å². The van der Waals surface area contributed by atoms with E-state index in [9.17, 15) is 0 Å². The topological polar surface area (TPSA) is 0 Å². The molecular formula is H6BCaMgZn. The van der Waals surface area contributed by atoms with E-state index in [1.54, 1.807) is 0 Å². The average Bonchev–Trinajstić information content (AvgIpc) is 1.00. The van der Waals surface area contributed by atoms with Gasteiger partial charge in [0, 0.05) is 0 Å². The molecule has 0 rings (SSSR count). The smallest absolute Gasteiger partial charge is 0.316 e. The van der Waals surface area contributed by atoms with Crippen LogP contribution in [0, 0.1) is 0 Å². The van der Waals surface area contributed by atoms with Gasteiger partial charge in [0.25, 0.3) is 0 Å². The minimum atomic E-state index is 0. The number of hydrogen-bond donors (Lipinski definition) is 0. The second kappa shape index (κ2) is 17.2. The van der Waals surface area contributed by atoms with Crippen molar-refractivity contribution in [1.82, 2.24) is 0 Å². The van der Waals surface area contributed by atoms with Gasteiger partial charge in [0.1, 0.15) is 0 Å². The van der Waals surface area contributed by atoms with E-state index >= 15 is 0 Å². The van der Waals surface area contributed by atoms with Crippen LogP contribution in [-0.2, 0) is 18.1 Å². The summed E-state index contributed by atoms with van der Waals surface area (Å²) < 4.78 is 0. The molecule has 0 N–H and O–H groups in total. The normalized spacial score (nSPS) is 1.50. The van der Waals surface area contributed by atoms with Crippen LogP contribution in [0.4, 0.5) is 0 Å². The van der Waals surface area contributed by atoms with Crippen molar-refractivity contribution < 1.29 is 18.1 Å². The van der Waals surface area contributed by atoms with E-state index in [0.29, 0.717) is 0 Å². The first-order chi connectivity index (χ1) is 1.00. The summed E-state index contributed by atoms with van der Waals surface area (Å²) >= 11 is 1.38. The predicted octanol–water partition coefficient (Wildman–Crippen LogP) is -2.75. The molecule has 4 heavy (non-hydrogen) atoms. The monoisotopic (exact) mass is 145 g/mol. The summed E-state index contributed by atoms with van der Waals surface area (Å²) in [4.78, 5) is 0. The first-order valence-corrected chi connectivity index (χ1v) is 3.67. The quantitative estimate of drug-likeness (QED) is 0.325. The second-order valence-electron chi connectivity index (χ2n) is 0. The van der Waals surface area contributed by atoms with E-state index in [-0.39, 0.29) is 60.8 Å². The van der Waals surface area contributed by atoms with Gasteiger partial charge >= 0.3 is 85.2 Å². The van der Waals surface area contributed by atoms with Gasteiger partial charge in [-0.1, -0.05) is 0 Å². The Morgan fingerprint density at radius 1 is 1.25 bits per heavy atom. The summed E-state index contributed by atoms with van der Waals surface area (Å²) in [5, 5.41) is 0. The maximum Gasteiger partial charge on any atom is 0.316 e. The van der Waals surface area contributed by atoms with Crippen molar-refractivity contribution in [2.75, 3.05) is 0 Å². The zero-order valence-corrected chi connectivity index (χ0v) is 4.67. The molecule has 0 aliphatic heterocycles. The molecule has 15 valence electrons. The van der Waals surface area contributed by atoms with Crippen LogP contribution in [0.3, 0.4) is 0 Å². The van der Waals surface area contributed by atoms with Crippen molar-refractivity contribution >= 4 is 67.1 Å². The minimum absolute atomic E-state index is 0. The second-order valence-corrected chi connectivity index (χ2v) is 0. The Labute approximate surface area is 83.5 Å². The van der Waals surface area contributed by atoms with Crippen LogP contribution in [0.15, 0.2) is 0 Å². The summed E-state index contributed by atoms with van der Waals surface area (Å²) in [6.45, 7) is 0. The van der Waals surface area contributed by atoms with Crippen molar-refractivity contribution in [3.8, 4) is 0 Å². The largest absolute Gasteiger partial charge is 0.316 e. The SMILES string of the molecule is [BH2][Zn].[CaH2].[MgH2]. The molecule has 0 radical (unpaired) electrons. The van der Waals surface area contributed by atoms with Crippen molar-refractivity contribution in [2.24, 2.45) is 0 Å². The van der Waals surface area contributed by atoms with Gasteiger partial charge in [-0.05, 0) is 0 Å². The Kier molecular flexibility index (Phi) is 68.5. The molecule has 0 bridgehead atoms. The Bertz CT molecular complexity index is 8.00. The van der Waals surface area contributed by atoms with Crippen LogP contribution in [0.1, 0.15) is 0 Å². The van der Waals surface area contributed by atoms with Crippen molar-refractivity contribution in [3.05, 3.63) is 0 Å². The van der Waals surface area contributed by atoms with Gasteiger partial charge in [-0.2, -0.15) is 0 Å². The molecule has 0 atom stereocenters. The van der Waals surface area contributed by atoms with Crippen LogP contribution in [0.5, 0.6) is 0 Å². The van der Waals surface area contributed by atoms with Crippen LogP contribution in [0.2, 0.25) is 0 Å². The Morgan fingerprint density at radius 2 is 1.25 bits per heavy atom. The third kappa shape index (κ3) is 8.83. The third-order valence-electron chi connectivity index (χ3n) is 0. The molecule has 0 aromatic carbocycles. The van der Waals surface area contributed by atoms with Crippen LogP contribution < -0.4 is 0 Å². The summed E-state index contributed by atoms with van der Waals surface area (Å²) in [7, 11) is 0. The van der Waals surface area contributed by atoms with Gasteiger partial charge in [-0.15, -0.1) is 0 Å². The Morgan fingerprint density at radius 3 is 1.25 bits per heavy atom.